The zero-order valence-electron chi connectivity index (χ0n) is 10.1. The quantitative estimate of drug-likeness (QED) is 0.661. The van der Waals surface area contributed by atoms with Gasteiger partial charge in [-0.1, -0.05) is 6.92 Å². The van der Waals surface area contributed by atoms with Gasteiger partial charge in [0.05, 0.1) is 9.80 Å². The van der Waals surface area contributed by atoms with Gasteiger partial charge in [0, 0.05) is 11.0 Å². The molecule has 8 heteroatoms. The number of thiophene rings is 1. The van der Waals surface area contributed by atoms with Crippen molar-refractivity contribution in [3.05, 3.63) is 32.2 Å². The fourth-order valence-electron chi connectivity index (χ4n) is 1.46. The van der Waals surface area contributed by atoms with Crippen molar-refractivity contribution in [2.24, 2.45) is 0 Å². The monoisotopic (exact) mass is 342 g/mol. The van der Waals surface area contributed by atoms with Crippen LogP contribution in [0.4, 0.5) is 11.6 Å². The van der Waals surface area contributed by atoms with Gasteiger partial charge < -0.3 is 5.32 Å². The lowest BCUT2D eigenvalue weighted by atomic mass is 10.3. The second-order valence-electron chi connectivity index (χ2n) is 3.71. The van der Waals surface area contributed by atoms with Gasteiger partial charge in [0.15, 0.2) is 5.69 Å². The maximum Gasteiger partial charge on any atom is 0.314 e. The summed E-state index contributed by atoms with van der Waals surface area (Å²) < 4.78 is 0.792. The highest BCUT2D eigenvalue weighted by atomic mass is 79.9. The third-order valence-electron chi connectivity index (χ3n) is 2.33. The summed E-state index contributed by atoms with van der Waals surface area (Å²) in [6, 6.07) is 1.84. The molecule has 0 fully saturated rings. The molecule has 0 aromatic carbocycles. The van der Waals surface area contributed by atoms with Crippen LogP contribution < -0.4 is 5.32 Å². The van der Waals surface area contributed by atoms with Crippen molar-refractivity contribution in [2.75, 3.05) is 11.9 Å². The van der Waals surface area contributed by atoms with Crippen LogP contribution in [0.1, 0.15) is 13.3 Å². The van der Waals surface area contributed by atoms with E-state index in [4.69, 9.17) is 0 Å². The lowest BCUT2D eigenvalue weighted by Gasteiger charge is -2.05. The van der Waals surface area contributed by atoms with Crippen LogP contribution >= 0.6 is 27.3 Å². The molecule has 0 radical (unpaired) electrons. The van der Waals surface area contributed by atoms with Crippen LogP contribution in [0.5, 0.6) is 0 Å². The van der Waals surface area contributed by atoms with Gasteiger partial charge in [-0.25, -0.2) is 9.97 Å². The summed E-state index contributed by atoms with van der Waals surface area (Å²) in [6.45, 7) is 2.75. The lowest BCUT2D eigenvalue weighted by Crippen LogP contribution is -2.06. The third-order valence-corrected chi connectivity index (χ3v) is 4.18. The average Bonchev–Trinajstić information content (AvgIpc) is 2.82. The van der Waals surface area contributed by atoms with Crippen LogP contribution in [0, 0.1) is 10.1 Å². The zero-order chi connectivity index (χ0) is 13.8. The molecule has 0 unspecified atom stereocenters. The number of nitro groups is 1. The Labute approximate surface area is 122 Å². The van der Waals surface area contributed by atoms with Crippen LogP contribution in [-0.2, 0) is 0 Å². The highest BCUT2D eigenvalue weighted by Gasteiger charge is 2.21. The number of hydrogen-bond donors (Lipinski definition) is 1. The van der Waals surface area contributed by atoms with E-state index >= 15 is 0 Å². The molecule has 1 N–H and O–H groups in total. The topological polar surface area (TPSA) is 81.0 Å². The Kier molecular flexibility index (Phi) is 4.43. The molecule has 0 spiro atoms. The highest BCUT2D eigenvalue weighted by molar-refractivity contribution is 9.10. The van der Waals surface area contributed by atoms with Crippen molar-refractivity contribution in [3.63, 3.8) is 0 Å². The predicted molar refractivity (Wildman–Crippen MR) is 78.5 cm³/mol. The molecule has 2 aromatic heterocycles. The molecular weight excluding hydrogens is 332 g/mol. The minimum atomic E-state index is -0.467. The summed E-state index contributed by atoms with van der Waals surface area (Å²) in [6.07, 6.45) is 2.17. The van der Waals surface area contributed by atoms with Crippen molar-refractivity contribution >= 4 is 38.9 Å². The van der Waals surface area contributed by atoms with E-state index in [1.54, 1.807) is 0 Å². The Morgan fingerprint density at radius 3 is 2.95 bits per heavy atom. The molecule has 0 bridgehead atoms. The van der Waals surface area contributed by atoms with E-state index in [1.165, 1.54) is 17.5 Å². The highest BCUT2D eigenvalue weighted by Crippen LogP contribution is 2.37. The average molecular weight is 343 g/mol. The zero-order valence-corrected chi connectivity index (χ0v) is 12.5. The molecule has 0 saturated carbocycles. The number of rotatable bonds is 5. The van der Waals surface area contributed by atoms with Gasteiger partial charge in [-0.3, -0.25) is 10.1 Å². The van der Waals surface area contributed by atoms with Crippen LogP contribution in [0.15, 0.2) is 22.1 Å². The van der Waals surface area contributed by atoms with E-state index in [9.17, 15) is 10.1 Å². The second kappa shape index (κ2) is 6.07. The van der Waals surface area contributed by atoms with E-state index in [1.807, 2.05) is 18.4 Å². The molecule has 0 amide bonds. The number of halogens is 1. The van der Waals surface area contributed by atoms with Crippen LogP contribution in [0.3, 0.4) is 0 Å². The first-order valence-electron chi connectivity index (χ1n) is 5.62. The minimum Gasteiger partial charge on any atom is -0.354 e. The molecule has 0 atom stereocenters. The molecule has 2 rings (SSSR count). The van der Waals surface area contributed by atoms with Crippen molar-refractivity contribution < 1.29 is 4.92 Å². The van der Waals surface area contributed by atoms with Crippen molar-refractivity contribution in [1.29, 1.82) is 0 Å². The van der Waals surface area contributed by atoms with Gasteiger partial charge in [-0.2, -0.15) is 0 Å². The van der Waals surface area contributed by atoms with E-state index in [-0.39, 0.29) is 5.69 Å². The van der Waals surface area contributed by atoms with Gasteiger partial charge in [-0.15, -0.1) is 11.3 Å². The van der Waals surface area contributed by atoms with Crippen molar-refractivity contribution in [3.8, 4) is 10.6 Å². The molecule has 100 valence electrons. The molecule has 2 aromatic rings. The molecule has 0 aliphatic heterocycles. The number of nitrogens with zero attached hydrogens (tertiary/aromatic N) is 3. The Morgan fingerprint density at radius 2 is 2.37 bits per heavy atom. The summed E-state index contributed by atoms with van der Waals surface area (Å²) in [4.78, 5) is 19.5. The van der Waals surface area contributed by atoms with E-state index in [2.05, 4.69) is 31.2 Å². The Morgan fingerprint density at radius 1 is 1.58 bits per heavy atom. The van der Waals surface area contributed by atoms with Gasteiger partial charge >= 0.3 is 5.69 Å². The first kappa shape index (κ1) is 13.9. The first-order chi connectivity index (χ1) is 9.13. The first-order valence-corrected chi connectivity index (χ1v) is 7.29. The minimum absolute atomic E-state index is 0.0924. The number of aromatic nitrogens is 2. The third kappa shape index (κ3) is 3.07. The summed E-state index contributed by atoms with van der Waals surface area (Å²) in [5.41, 5.74) is 0.241. The standard InChI is InChI=1S/C11H11BrN4O2S/c1-2-4-13-11-14-6-8(16(17)18)9(15-11)10-7(12)3-5-19-10/h3,5-6H,2,4H2,1H3,(H,13,14,15). The number of hydrogen-bond acceptors (Lipinski definition) is 6. The SMILES string of the molecule is CCCNc1ncc([N+](=O)[O-])c(-c2sccc2Br)n1. The van der Waals surface area contributed by atoms with Crippen molar-refractivity contribution in [1.82, 2.24) is 9.97 Å². The number of nitrogens with one attached hydrogen (secondary N) is 1. The molecule has 0 aliphatic rings. The van der Waals surface area contributed by atoms with Gasteiger partial charge in [0.1, 0.15) is 6.20 Å². The van der Waals surface area contributed by atoms with Gasteiger partial charge in [-0.05, 0) is 33.8 Å². The van der Waals surface area contributed by atoms with Crippen LogP contribution in [-0.4, -0.2) is 21.4 Å². The summed E-state index contributed by atoms with van der Waals surface area (Å²) in [7, 11) is 0. The summed E-state index contributed by atoms with van der Waals surface area (Å²) >= 11 is 4.77. The molecule has 0 saturated heterocycles. The lowest BCUT2D eigenvalue weighted by molar-refractivity contribution is -0.384. The largest absolute Gasteiger partial charge is 0.354 e. The molecule has 0 aliphatic carbocycles. The molecular formula is C11H11BrN4O2S. The summed E-state index contributed by atoms with van der Waals surface area (Å²) in [5.74, 6) is 0.405. The van der Waals surface area contributed by atoms with Gasteiger partial charge in [0.2, 0.25) is 5.95 Å². The Hall–Kier alpha value is -1.54. The smallest absolute Gasteiger partial charge is 0.314 e. The second-order valence-corrected chi connectivity index (χ2v) is 5.48. The fraction of sp³-hybridized carbons (Fsp3) is 0.273. The van der Waals surface area contributed by atoms with E-state index in [0.717, 1.165) is 22.3 Å². The van der Waals surface area contributed by atoms with Gasteiger partial charge in [0.25, 0.3) is 0 Å². The van der Waals surface area contributed by atoms with Crippen molar-refractivity contribution in [2.45, 2.75) is 13.3 Å². The maximum absolute atomic E-state index is 11.0. The number of anilines is 1. The van der Waals surface area contributed by atoms with Crippen LogP contribution in [0.25, 0.3) is 10.6 Å². The predicted octanol–water partition coefficient (Wildman–Crippen LogP) is 3.70. The molecule has 19 heavy (non-hydrogen) atoms. The molecule has 6 nitrogen and oxygen atoms in total. The van der Waals surface area contributed by atoms with E-state index < -0.39 is 4.92 Å². The fourth-order valence-corrected chi connectivity index (χ4v) is 3.02. The Balaban J connectivity index is 2.48. The molecule has 2 heterocycles. The maximum atomic E-state index is 11.0. The Bertz CT molecular complexity index is 602. The summed E-state index contributed by atoms with van der Waals surface area (Å²) in [5, 5.41) is 15.9. The van der Waals surface area contributed by atoms with E-state index in [0.29, 0.717) is 11.6 Å². The van der Waals surface area contributed by atoms with Crippen LogP contribution in [0.2, 0.25) is 0 Å². The normalized spacial score (nSPS) is 10.4.